The number of benzene rings is 6. The van der Waals surface area contributed by atoms with Crippen molar-refractivity contribution in [1.29, 1.82) is 0 Å². The molecule has 14 rings (SSSR count). The first-order chi connectivity index (χ1) is 51.2. The van der Waals surface area contributed by atoms with Crippen LogP contribution in [0.25, 0.3) is 21.8 Å². The van der Waals surface area contributed by atoms with Crippen molar-refractivity contribution in [3.8, 4) is 0 Å². The molecule has 6 aliphatic heterocycles. The molecule has 34 heteroatoms. The molecule has 4 fully saturated rings. The number of amides is 4. The molecule has 8 aromatic rings. The Morgan fingerprint density at radius 3 is 1.34 bits per heavy atom. The number of nitrogens with zero attached hydrogens (tertiary/aromatic N) is 8. The number of carbonyl (C=O) groups is 4. The number of anilines is 2. The third-order valence-corrected chi connectivity index (χ3v) is 59.5. The van der Waals surface area contributed by atoms with Gasteiger partial charge in [-0.15, -0.1) is 0 Å². The van der Waals surface area contributed by atoms with Crippen molar-refractivity contribution in [2.45, 2.75) is 173 Å². The van der Waals surface area contributed by atoms with E-state index in [0.29, 0.717) is 34.4 Å². The molecule has 0 spiro atoms. The molecule has 108 heavy (non-hydrogen) atoms. The van der Waals surface area contributed by atoms with Gasteiger partial charge < -0.3 is 28.1 Å². The Balaban J connectivity index is 0.000000163. The number of alkyl halides is 1. The lowest BCUT2D eigenvalue weighted by molar-refractivity contribution is -0.153. The second-order valence-electron chi connectivity index (χ2n) is 29.6. The summed E-state index contributed by atoms with van der Waals surface area (Å²) in [7, 11) is 5.64. The van der Waals surface area contributed by atoms with Crippen LogP contribution in [0, 0.1) is 0 Å². The zero-order valence-corrected chi connectivity index (χ0v) is 79.3. The molecule has 0 saturated carbocycles. The van der Waals surface area contributed by atoms with Crippen molar-refractivity contribution >= 4 is 243 Å². The Hall–Kier alpha value is -3.93. The van der Waals surface area contributed by atoms with Crippen LogP contribution < -0.4 is 8.61 Å². The summed E-state index contributed by atoms with van der Waals surface area (Å²) >= 11 is 20.5. The summed E-state index contributed by atoms with van der Waals surface area (Å²) in [4.78, 5) is 60.2. The third-order valence-electron chi connectivity index (χ3n) is 22.5. The lowest BCUT2D eigenvalue weighted by atomic mass is 9.72. The average Bonchev–Trinajstić information content (AvgIpc) is 1.50. The number of carbonyl (C=O) groups excluding carboxylic acids is 4. The number of aromatic nitrogens is 2. The van der Waals surface area contributed by atoms with Crippen LogP contribution in [0.1, 0.15) is 113 Å². The average molecular weight is 1930 g/mol. The Morgan fingerprint density at radius 1 is 0.463 bits per heavy atom. The van der Waals surface area contributed by atoms with Crippen molar-refractivity contribution in [2.75, 3.05) is 35.8 Å². The second kappa shape index (κ2) is 34.3. The van der Waals surface area contributed by atoms with Crippen molar-refractivity contribution in [3.05, 3.63) is 190 Å². The minimum atomic E-state index is -4.17. The van der Waals surface area contributed by atoms with Gasteiger partial charge in [-0.3, -0.25) is 19.2 Å². The van der Waals surface area contributed by atoms with Gasteiger partial charge in [0.05, 0.1) is 44.0 Å². The Labute approximate surface area is 698 Å². The molecule has 0 aliphatic carbocycles. The monoisotopic (exact) mass is 1920 g/mol. The highest BCUT2D eigenvalue weighted by atomic mass is 79.9. The number of halogens is 3. The fraction of sp³-hybridized carbons (Fsp3) is 0.405. The van der Waals surface area contributed by atoms with E-state index in [1.165, 1.54) is 64.1 Å². The first-order valence-corrected chi connectivity index (χ1v) is 58.2. The van der Waals surface area contributed by atoms with Gasteiger partial charge in [-0.05, 0) is 147 Å². The van der Waals surface area contributed by atoms with E-state index < -0.39 is 70.7 Å². The fourth-order valence-corrected chi connectivity index (χ4v) is 56.7. The molecular weight excluding hydrogens is 1840 g/mol. The lowest BCUT2D eigenvalue weighted by Crippen LogP contribution is -2.62. The number of likely N-dealkylation sites (N-methyl/N-ethyl adjacent to an activating group) is 2. The predicted molar refractivity (Wildman–Crippen MR) is 483 cm³/mol. The van der Waals surface area contributed by atoms with Gasteiger partial charge in [0.15, 0.2) is 16.5 Å². The quantitative estimate of drug-likeness (QED) is 0.0801. The molecule has 6 aliphatic rings. The maximum Gasteiger partial charge on any atom is 0.266 e. The summed E-state index contributed by atoms with van der Waals surface area (Å²) in [6.45, 7) is 28.3. The van der Waals surface area contributed by atoms with Crippen molar-refractivity contribution < 1.29 is 36.0 Å². The topological polar surface area (TPSA) is 166 Å². The maximum atomic E-state index is 14.9. The van der Waals surface area contributed by atoms with E-state index in [0.717, 1.165) is 53.2 Å². The van der Waals surface area contributed by atoms with E-state index in [1.54, 1.807) is 142 Å². The van der Waals surface area contributed by atoms with E-state index >= 15 is 0 Å². The maximum absolute atomic E-state index is 14.9. The first kappa shape index (κ1) is 85.0. The summed E-state index contributed by atoms with van der Waals surface area (Å²) in [5.74, 6) is -0.856. The zero-order chi connectivity index (χ0) is 78.5. The van der Waals surface area contributed by atoms with Crippen LogP contribution in [0.3, 0.4) is 0 Å². The highest BCUT2D eigenvalue weighted by Gasteiger charge is 2.70. The molecule has 2 aromatic heterocycles. The summed E-state index contributed by atoms with van der Waals surface area (Å²) in [5.41, 5.74) is 8.45. The van der Waals surface area contributed by atoms with Gasteiger partial charge in [-0.1, -0.05) is 204 Å². The molecular formula is C74H87Br3N8O8S13Si2. The van der Waals surface area contributed by atoms with Gasteiger partial charge >= 0.3 is 0 Å². The number of hydrogen-bond acceptors (Lipinski definition) is 10. The number of piperazine rings is 2. The number of hydrogen-bond donors (Lipinski definition) is 0. The van der Waals surface area contributed by atoms with Gasteiger partial charge in [0.2, 0.25) is 23.6 Å². The molecule has 0 bridgehead atoms. The standard InChI is InChI=1S/C37H43BrN4O4SSi.C20H18BrN3O4S.C17H26BrNSi.S11/c1-23(2)48(24(3)4,25(5)6)40-21-30(28-19-26(38)17-18-31(28)40)37-20-33-35(44)39(7)22-34(43)41(33)36(37)42(32-16-12-11-15-29(32)37)47(45,46)27-13-9-8-10-14-27;1-22-12-17(25)23-16(18(22)26)11-20(21)14-9-5-6-10-15(14)24(19(20)23)29(27,28)13-7-3-2-4-8-13;1-12(2)20(13(3)4,14(5)6)19-10-9-15-11-16(18)7-8-17(15)19;1-3-5-7-9-11-10-8-6-4-2/h8-19,21,23-25,33,36H,20,22H2,1-7H3;2-10,16,19H,11-12H2,1H3;7-14H,1-6H3;/t33-,36-,37+;16-,19-,20-;;/m00../s1. The minimum Gasteiger partial charge on any atom is -0.373 e. The smallest absolute Gasteiger partial charge is 0.266 e. The fourth-order valence-electron chi connectivity index (χ4n) is 18.9. The molecule has 0 N–H and O–H groups in total. The van der Waals surface area contributed by atoms with Crippen molar-refractivity contribution in [3.63, 3.8) is 0 Å². The van der Waals surface area contributed by atoms with E-state index in [-0.39, 0.29) is 52.9 Å². The molecule has 4 saturated heterocycles. The van der Waals surface area contributed by atoms with Crippen molar-refractivity contribution in [1.82, 2.24) is 28.1 Å². The van der Waals surface area contributed by atoms with E-state index in [2.05, 4.69) is 217 Å². The van der Waals surface area contributed by atoms with Crippen LogP contribution >= 0.6 is 47.8 Å². The predicted octanol–water partition coefficient (Wildman–Crippen LogP) is 15.6. The molecule has 6 aromatic carbocycles. The summed E-state index contributed by atoms with van der Waals surface area (Å²) in [5, 5.41) is 2.35. The van der Waals surface area contributed by atoms with Crippen LogP contribution in [-0.4, -0.2) is 137 Å². The van der Waals surface area contributed by atoms with Crippen LogP contribution in [0.2, 0.25) is 33.2 Å². The SMILES string of the molecule is CC(C)[Si](C(C)C)(C(C)C)n1cc([C@]23C[C@H]4C(=O)N(C)CC(=O)N4[C@H]2N(S(=O)(=O)c2ccccc2)c2ccccc23)c2cc(Br)ccc21.CC(C)[Si](C(C)C)(C(C)C)n1ccc2cc(Br)ccc21.CN1CC(=O)N2[C@@H](C[C@]3(Br)c4ccccc4N(S(=O)(=O)c4ccccc4)[C@H]23)C1=O.S=S=S=S=S=S=S=S=S=S=S. The zero-order valence-electron chi connectivity index (χ0n) is 62.0. The minimum absolute atomic E-state index is 0.0650. The number of sulfonamides is 2. The second-order valence-corrected chi connectivity index (χ2v) is 63.8. The van der Waals surface area contributed by atoms with E-state index in [1.807, 2.05) is 36.4 Å². The molecule has 0 unspecified atom stereocenters. The van der Waals surface area contributed by atoms with E-state index in [9.17, 15) is 36.0 Å². The van der Waals surface area contributed by atoms with Gasteiger partial charge in [0, 0.05) is 154 Å². The molecule has 16 nitrogen and oxygen atoms in total. The highest BCUT2D eigenvalue weighted by Crippen LogP contribution is 2.63. The largest absolute Gasteiger partial charge is 0.373 e. The van der Waals surface area contributed by atoms with Gasteiger partial charge in [-0.2, -0.15) is 0 Å². The van der Waals surface area contributed by atoms with Crippen LogP contribution in [0.15, 0.2) is 183 Å². The molecule has 4 amide bonds. The normalized spacial score (nSPS) is 20.9. The number of para-hydroxylation sites is 2. The van der Waals surface area contributed by atoms with E-state index in [4.69, 9.17) is 0 Å². The summed E-state index contributed by atoms with van der Waals surface area (Å²) < 4.78 is 66.3. The Bertz CT molecular complexity index is 5450. The molecule has 0 radical (unpaired) electrons. The van der Waals surface area contributed by atoms with Gasteiger partial charge in [0.1, 0.15) is 24.4 Å². The molecule has 578 valence electrons. The molecule has 6 atom stereocenters. The summed E-state index contributed by atoms with van der Waals surface area (Å²) in [6.07, 6.45) is 3.40. The van der Waals surface area contributed by atoms with Crippen LogP contribution in [0.4, 0.5) is 11.4 Å². The number of fused-ring (bicyclic) bond motifs is 12. The first-order valence-electron chi connectivity index (χ1n) is 35.2. The summed E-state index contributed by atoms with van der Waals surface area (Å²) in [6, 6.07) is 45.2. The van der Waals surface area contributed by atoms with Crippen molar-refractivity contribution in [2.24, 2.45) is 0 Å². The highest BCUT2D eigenvalue weighted by molar-refractivity contribution is 9.11. The van der Waals surface area contributed by atoms with Gasteiger partial charge in [0.25, 0.3) is 20.0 Å². The Morgan fingerprint density at radius 2 is 0.861 bits per heavy atom. The third kappa shape index (κ3) is 14.8. The van der Waals surface area contributed by atoms with Gasteiger partial charge in [-0.25, -0.2) is 25.4 Å². The van der Waals surface area contributed by atoms with Crippen LogP contribution in [-0.2, 0) is 151 Å². The lowest BCUT2D eigenvalue weighted by Gasteiger charge is -2.44. The Kier molecular flexibility index (Phi) is 26.9. The number of rotatable bonds is 13. The van der Waals surface area contributed by atoms with Crippen LogP contribution in [0.5, 0.6) is 0 Å². The molecule has 8 heterocycles.